The molecule has 0 saturated carbocycles. The van der Waals surface area contributed by atoms with Crippen molar-refractivity contribution < 1.29 is 13.2 Å². The second-order valence-electron chi connectivity index (χ2n) is 5.72. The third-order valence-corrected chi connectivity index (χ3v) is 3.31. The van der Waals surface area contributed by atoms with Crippen LogP contribution in [-0.4, -0.2) is 17.5 Å². The molecule has 0 aliphatic heterocycles. The molecule has 0 amide bonds. The van der Waals surface area contributed by atoms with E-state index in [0.717, 1.165) is 5.56 Å². The average molecular weight is 324 g/mol. The van der Waals surface area contributed by atoms with Crippen molar-refractivity contribution in [2.24, 2.45) is 5.10 Å². The normalized spacial score (nSPS) is 12.3. The fourth-order valence-corrected chi connectivity index (χ4v) is 2.17. The number of nitrogens with zero attached hydrogens (tertiary/aromatic N) is 1. The van der Waals surface area contributed by atoms with Gasteiger partial charge in [0.1, 0.15) is 11.5 Å². The van der Waals surface area contributed by atoms with E-state index in [-0.39, 0.29) is 5.54 Å². The fourth-order valence-electron chi connectivity index (χ4n) is 1.67. The number of furan rings is 1. The summed E-state index contributed by atoms with van der Waals surface area (Å²) >= 11 is 0.527. The monoisotopic (exact) mass is 324 g/mol. The molecule has 6 heteroatoms. The Morgan fingerprint density at radius 3 is 2.41 bits per heavy atom. The molecule has 3 nitrogen and oxygen atoms in total. The SMILES string of the molecule is CC(C)(C)N/N=C\c1ccc(-c2ccc(SC(F)F)cc2)o1. The number of alkyl halides is 2. The zero-order valence-electron chi connectivity index (χ0n) is 12.6. The minimum atomic E-state index is -2.41. The van der Waals surface area contributed by atoms with Crippen LogP contribution < -0.4 is 5.43 Å². The largest absolute Gasteiger partial charge is 0.455 e. The molecule has 0 saturated heterocycles. The first-order valence-corrected chi connectivity index (χ1v) is 7.67. The van der Waals surface area contributed by atoms with Gasteiger partial charge in [-0.2, -0.15) is 13.9 Å². The van der Waals surface area contributed by atoms with Gasteiger partial charge in [0.25, 0.3) is 5.76 Å². The highest BCUT2D eigenvalue weighted by Gasteiger charge is 2.08. The Hall–Kier alpha value is -1.82. The molecule has 0 fully saturated rings. The average Bonchev–Trinajstić information content (AvgIpc) is 2.86. The summed E-state index contributed by atoms with van der Waals surface area (Å²) in [5.74, 6) is -1.11. The summed E-state index contributed by atoms with van der Waals surface area (Å²) in [6.45, 7) is 6.03. The zero-order chi connectivity index (χ0) is 16.2. The number of rotatable bonds is 5. The molecule has 1 N–H and O–H groups in total. The fraction of sp³-hybridized carbons (Fsp3) is 0.312. The molecule has 0 unspecified atom stereocenters. The van der Waals surface area contributed by atoms with Gasteiger partial charge < -0.3 is 9.84 Å². The summed E-state index contributed by atoms with van der Waals surface area (Å²) in [7, 11) is 0. The Labute approximate surface area is 132 Å². The lowest BCUT2D eigenvalue weighted by Crippen LogP contribution is -2.31. The van der Waals surface area contributed by atoms with Crippen LogP contribution in [0.1, 0.15) is 26.5 Å². The summed E-state index contributed by atoms with van der Waals surface area (Å²) in [5.41, 5.74) is 3.71. The molecule has 0 atom stereocenters. The van der Waals surface area contributed by atoms with Crippen molar-refractivity contribution in [3.8, 4) is 11.3 Å². The van der Waals surface area contributed by atoms with Crippen LogP contribution in [0.5, 0.6) is 0 Å². The molecule has 2 aromatic rings. The van der Waals surface area contributed by atoms with Gasteiger partial charge >= 0.3 is 0 Å². The quantitative estimate of drug-likeness (QED) is 0.478. The highest BCUT2D eigenvalue weighted by Crippen LogP contribution is 2.28. The second-order valence-corrected chi connectivity index (χ2v) is 6.79. The Morgan fingerprint density at radius 1 is 1.14 bits per heavy atom. The lowest BCUT2D eigenvalue weighted by atomic mass is 10.1. The van der Waals surface area contributed by atoms with Crippen LogP contribution in [0.3, 0.4) is 0 Å². The molecule has 0 spiro atoms. The van der Waals surface area contributed by atoms with E-state index in [1.165, 1.54) is 0 Å². The van der Waals surface area contributed by atoms with Crippen LogP contribution in [0, 0.1) is 0 Å². The smallest absolute Gasteiger partial charge is 0.288 e. The minimum Gasteiger partial charge on any atom is -0.455 e. The summed E-state index contributed by atoms with van der Waals surface area (Å²) < 4.78 is 30.2. The molecular weight excluding hydrogens is 306 g/mol. The molecule has 0 aliphatic rings. The Bertz CT molecular complexity index is 630. The van der Waals surface area contributed by atoms with Crippen LogP contribution in [0.2, 0.25) is 0 Å². The second kappa shape index (κ2) is 6.96. The van der Waals surface area contributed by atoms with E-state index in [4.69, 9.17) is 4.42 Å². The van der Waals surface area contributed by atoms with Crippen LogP contribution in [0.25, 0.3) is 11.3 Å². The van der Waals surface area contributed by atoms with Gasteiger partial charge in [0.05, 0.1) is 6.21 Å². The Morgan fingerprint density at radius 2 is 1.82 bits per heavy atom. The van der Waals surface area contributed by atoms with Crippen molar-refractivity contribution in [3.05, 3.63) is 42.2 Å². The molecule has 0 aliphatic carbocycles. The van der Waals surface area contributed by atoms with E-state index in [1.807, 2.05) is 32.9 Å². The maximum atomic E-state index is 12.3. The molecule has 2 rings (SSSR count). The van der Waals surface area contributed by atoms with Gasteiger partial charge in [-0.1, -0.05) is 23.9 Å². The number of benzene rings is 1. The molecule has 1 heterocycles. The van der Waals surface area contributed by atoms with E-state index >= 15 is 0 Å². The van der Waals surface area contributed by atoms with Crippen molar-refractivity contribution in [2.45, 2.75) is 37.0 Å². The maximum absolute atomic E-state index is 12.3. The summed E-state index contributed by atoms with van der Waals surface area (Å²) in [6.07, 6.45) is 1.61. The predicted octanol–water partition coefficient (Wildman–Crippen LogP) is 4.98. The Balaban J connectivity index is 2.05. The van der Waals surface area contributed by atoms with Gasteiger partial charge in [-0.05, 0) is 45.0 Å². The van der Waals surface area contributed by atoms with Crippen molar-refractivity contribution in [2.75, 3.05) is 0 Å². The van der Waals surface area contributed by atoms with Gasteiger partial charge in [0, 0.05) is 16.0 Å². The van der Waals surface area contributed by atoms with E-state index < -0.39 is 5.76 Å². The van der Waals surface area contributed by atoms with Crippen LogP contribution in [-0.2, 0) is 0 Å². The van der Waals surface area contributed by atoms with Crippen molar-refractivity contribution >= 4 is 18.0 Å². The number of hydrogen-bond acceptors (Lipinski definition) is 4. The van der Waals surface area contributed by atoms with E-state index in [1.54, 1.807) is 30.5 Å². The van der Waals surface area contributed by atoms with Gasteiger partial charge in [-0.15, -0.1) is 0 Å². The summed E-state index contributed by atoms with van der Waals surface area (Å²) in [4.78, 5) is 0.529. The van der Waals surface area contributed by atoms with Crippen LogP contribution >= 0.6 is 11.8 Å². The number of halogens is 2. The minimum absolute atomic E-state index is 0.107. The van der Waals surface area contributed by atoms with E-state index in [0.29, 0.717) is 28.2 Å². The van der Waals surface area contributed by atoms with Crippen molar-refractivity contribution in [1.82, 2.24) is 5.43 Å². The molecule has 22 heavy (non-hydrogen) atoms. The first-order valence-electron chi connectivity index (χ1n) is 6.79. The molecule has 0 radical (unpaired) electrons. The lowest BCUT2D eigenvalue weighted by molar-refractivity contribution is 0.252. The van der Waals surface area contributed by atoms with Gasteiger partial charge in [-0.25, -0.2) is 0 Å². The molecule has 1 aromatic carbocycles. The predicted molar refractivity (Wildman–Crippen MR) is 86.5 cm³/mol. The zero-order valence-corrected chi connectivity index (χ0v) is 13.5. The number of hydrogen-bond donors (Lipinski definition) is 1. The van der Waals surface area contributed by atoms with E-state index in [2.05, 4.69) is 10.5 Å². The standard InChI is InChI=1S/C16H18F2N2OS/c1-16(2,3)20-19-10-12-6-9-14(21-12)11-4-7-13(8-5-11)22-15(17)18/h4-10,15,20H,1-3H3/b19-10-. The number of hydrazone groups is 1. The summed E-state index contributed by atoms with van der Waals surface area (Å²) in [6, 6.07) is 10.5. The van der Waals surface area contributed by atoms with Gasteiger partial charge in [-0.3, -0.25) is 0 Å². The van der Waals surface area contributed by atoms with Gasteiger partial charge in [0.15, 0.2) is 0 Å². The topological polar surface area (TPSA) is 37.5 Å². The first-order chi connectivity index (χ1) is 10.3. The molecule has 0 bridgehead atoms. The lowest BCUT2D eigenvalue weighted by Gasteiger charge is -2.16. The maximum Gasteiger partial charge on any atom is 0.288 e. The van der Waals surface area contributed by atoms with Crippen LogP contribution in [0.15, 0.2) is 50.8 Å². The molecule has 1 aromatic heterocycles. The first kappa shape index (κ1) is 16.5. The third-order valence-electron chi connectivity index (χ3n) is 2.58. The molecular formula is C16H18F2N2OS. The van der Waals surface area contributed by atoms with E-state index in [9.17, 15) is 8.78 Å². The van der Waals surface area contributed by atoms with Crippen molar-refractivity contribution in [3.63, 3.8) is 0 Å². The number of thioether (sulfide) groups is 1. The highest BCUT2D eigenvalue weighted by atomic mass is 32.2. The Kier molecular flexibility index (Phi) is 5.24. The summed E-state index contributed by atoms with van der Waals surface area (Å²) in [5, 5.41) is 4.11. The van der Waals surface area contributed by atoms with Crippen LogP contribution in [0.4, 0.5) is 8.78 Å². The van der Waals surface area contributed by atoms with Gasteiger partial charge in [0.2, 0.25) is 0 Å². The molecule has 118 valence electrons. The highest BCUT2D eigenvalue weighted by molar-refractivity contribution is 7.99. The van der Waals surface area contributed by atoms with Crippen molar-refractivity contribution in [1.29, 1.82) is 0 Å². The number of nitrogens with one attached hydrogen (secondary N) is 1. The third kappa shape index (κ3) is 5.18.